The first kappa shape index (κ1) is 34.7. The van der Waals surface area contributed by atoms with Gasteiger partial charge in [0.05, 0.1) is 16.9 Å². The lowest BCUT2D eigenvalue weighted by molar-refractivity contribution is -0.140. The van der Waals surface area contributed by atoms with Gasteiger partial charge >= 0.3 is 6.18 Å². The quantitative estimate of drug-likeness (QED) is 0.327. The number of benzene rings is 2. The molecule has 2 aromatic carbocycles. The van der Waals surface area contributed by atoms with Crippen LogP contribution in [0.15, 0.2) is 48.8 Å². The van der Waals surface area contributed by atoms with Gasteiger partial charge in [0.2, 0.25) is 5.95 Å². The molecule has 2 atom stereocenters. The highest BCUT2D eigenvalue weighted by atomic mass is 19.4. The zero-order chi connectivity index (χ0) is 34.9. The van der Waals surface area contributed by atoms with Gasteiger partial charge in [0, 0.05) is 94.5 Å². The number of likely N-dealkylation sites (N-methyl/N-ethyl adjacent to an activating group) is 1. The number of rotatable bonds is 7. The number of amides is 1. The maximum Gasteiger partial charge on any atom is 0.420 e. The molecule has 0 unspecified atom stereocenters. The van der Waals surface area contributed by atoms with E-state index in [1.54, 1.807) is 0 Å². The molecule has 49 heavy (non-hydrogen) atoms. The topological polar surface area (TPSA) is 79.9 Å². The van der Waals surface area contributed by atoms with Crippen LogP contribution in [0.25, 0.3) is 5.57 Å². The van der Waals surface area contributed by atoms with Crippen LogP contribution in [0.2, 0.25) is 0 Å². The molecule has 4 heterocycles. The van der Waals surface area contributed by atoms with Crippen LogP contribution in [-0.4, -0.2) is 97.2 Å². The summed E-state index contributed by atoms with van der Waals surface area (Å²) in [4.78, 5) is 31.0. The molecule has 9 nitrogen and oxygen atoms in total. The van der Waals surface area contributed by atoms with Crippen molar-refractivity contribution >= 4 is 28.8 Å². The fourth-order valence-corrected chi connectivity index (χ4v) is 6.78. The van der Waals surface area contributed by atoms with E-state index in [1.807, 2.05) is 49.2 Å². The van der Waals surface area contributed by atoms with Crippen molar-refractivity contribution in [3.63, 3.8) is 0 Å². The number of aromatic nitrogens is 2. The molecule has 14 heteroatoms. The molecule has 0 saturated carbocycles. The van der Waals surface area contributed by atoms with Crippen LogP contribution in [0.4, 0.5) is 39.3 Å². The van der Waals surface area contributed by atoms with Gasteiger partial charge in [0.1, 0.15) is 17.2 Å². The van der Waals surface area contributed by atoms with Gasteiger partial charge < -0.3 is 20.4 Å². The third-order valence-electron chi connectivity index (χ3n) is 9.72. The van der Waals surface area contributed by atoms with Crippen LogP contribution in [0.3, 0.4) is 0 Å². The maximum atomic E-state index is 16.0. The number of carbonyl (C=O) groups excluding carboxylic acids is 1. The van der Waals surface area contributed by atoms with E-state index < -0.39 is 34.8 Å². The van der Waals surface area contributed by atoms with Gasteiger partial charge in [-0.1, -0.05) is 12.1 Å². The van der Waals surface area contributed by atoms with E-state index in [4.69, 9.17) is 0 Å². The highest BCUT2D eigenvalue weighted by molar-refractivity contribution is 6.07. The van der Waals surface area contributed by atoms with E-state index in [9.17, 15) is 22.4 Å². The van der Waals surface area contributed by atoms with Crippen molar-refractivity contribution in [3.8, 4) is 0 Å². The number of carbonyl (C=O) groups is 1. The fourth-order valence-electron chi connectivity index (χ4n) is 6.78. The molecule has 0 bridgehead atoms. The minimum absolute atomic E-state index is 0.0838. The summed E-state index contributed by atoms with van der Waals surface area (Å²) in [6, 6.07) is 5.64. The zero-order valence-corrected chi connectivity index (χ0v) is 27.8. The third-order valence-corrected chi connectivity index (χ3v) is 9.72. The van der Waals surface area contributed by atoms with Gasteiger partial charge in [0.15, 0.2) is 0 Å². The molecule has 6 rings (SSSR count). The number of anilines is 3. The Kier molecular flexibility index (Phi) is 10.2. The predicted octanol–water partition coefficient (Wildman–Crippen LogP) is 5.25. The van der Waals surface area contributed by atoms with Crippen LogP contribution >= 0.6 is 0 Å². The molecule has 2 saturated heterocycles. The number of piperazine rings is 2. The zero-order valence-electron chi connectivity index (χ0n) is 27.8. The van der Waals surface area contributed by atoms with Crippen LogP contribution in [0, 0.1) is 11.6 Å². The molecule has 2 fully saturated rings. The SMILES string of the molecule is C[C@@H]1CN(c2cc(F)c(C3=CCN(c4ncc(CN5CCNCC5)cn4)CC3)cc2NC(=O)c2cccc(F)c2C(F)(F)F)C[C@H](C)N1C. The van der Waals surface area contributed by atoms with Gasteiger partial charge in [-0.25, -0.2) is 18.7 Å². The predicted molar refractivity (Wildman–Crippen MR) is 180 cm³/mol. The maximum absolute atomic E-state index is 16.0. The van der Waals surface area contributed by atoms with E-state index in [-0.39, 0.29) is 23.3 Å². The summed E-state index contributed by atoms with van der Waals surface area (Å²) in [6.07, 6.45) is 0.893. The van der Waals surface area contributed by atoms with E-state index in [0.717, 1.165) is 50.4 Å². The fraction of sp³-hybridized carbons (Fsp3) is 0.457. The number of alkyl halides is 3. The molecule has 0 spiro atoms. The Morgan fingerprint density at radius 1 is 0.980 bits per heavy atom. The average molecular weight is 685 g/mol. The summed E-state index contributed by atoms with van der Waals surface area (Å²) >= 11 is 0. The minimum Gasteiger partial charge on any atom is -0.367 e. The first-order valence-corrected chi connectivity index (χ1v) is 16.5. The Morgan fingerprint density at radius 2 is 1.67 bits per heavy atom. The van der Waals surface area contributed by atoms with Gasteiger partial charge in [-0.05, 0) is 57.2 Å². The van der Waals surface area contributed by atoms with Crippen molar-refractivity contribution < 1.29 is 26.7 Å². The molecular formula is C35H41F5N8O. The number of nitrogens with one attached hydrogen (secondary N) is 2. The first-order valence-electron chi connectivity index (χ1n) is 16.5. The van der Waals surface area contributed by atoms with Crippen molar-refractivity contribution in [2.24, 2.45) is 0 Å². The molecule has 2 N–H and O–H groups in total. The van der Waals surface area contributed by atoms with Gasteiger partial charge in [-0.3, -0.25) is 14.6 Å². The smallest absolute Gasteiger partial charge is 0.367 e. The molecule has 3 aliphatic rings. The monoisotopic (exact) mass is 684 g/mol. The van der Waals surface area contributed by atoms with Crippen molar-refractivity contribution in [1.29, 1.82) is 0 Å². The Hall–Kier alpha value is -4.14. The van der Waals surface area contributed by atoms with Crippen LogP contribution in [0.1, 0.15) is 47.3 Å². The van der Waals surface area contributed by atoms with Gasteiger partial charge in [-0.15, -0.1) is 0 Å². The Balaban J connectivity index is 1.27. The normalized spacial score (nSPS) is 21.1. The molecule has 0 aliphatic carbocycles. The van der Waals surface area contributed by atoms with Crippen LogP contribution < -0.4 is 20.4 Å². The Morgan fingerprint density at radius 3 is 2.31 bits per heavy atom. The van der Waals surface area contributed by atoms with Crippen molar-refractivity contribution in [2.45, 2.75) is 45.1 Å². The Labute approximate surface area is 282 Å². The third kappa shape index (κ3) is 7.71. The lowest BCUT2D eigenvalue weighted by Crippen LogP contribution is -2.55. The minimum atomic E-state index is -5.09. The second-order valence-corrected chi connectivity index (χ2v) is 13.1. The molecule has 1 amide bonds. The van der Waals surface area contributed by atoms with E-state index in [0.29, 0.717) is 55.9 Å². The second kappa shape index (κ2) is 14.4. The summed E-state index contributed by atoms with van der Waals surface area (Å²) in [7, 11) is 1.99. The molecule has 0 radical (unpaired) electrons. The summed E-state index contributed by atoms with van der Waals surface area (Å²) in [5.41, 5.74) is -0.0544. The standard InChI is InChI=1S/C35H41F5N8O/c1-22-19-48(20-23(2)45(22)3)31-16-29(37)27(15-30(31)44-33(49)26-5-4-6-28(36)32(26)35(38,39)40)25-7-11-47(12-8-25)34-42-17-24(18-43-34)21-46-13-9-41-10-14-46/h4-7,15-18,22-23,41H,8-14,19-21H2,1-3H3,(H,44,49)/t22-,23+. The van der Waals surface area contributed by atoms with Crippen molar-refractivity contribution in [2.75, 3.05) is 74.5 Å². The highest BCUT2D eigenvalue weighted by Gasteiger charge is 2.39. The lowest BCUT2D eigenvalue weighted by atomic mass is 9.96. The summed E-state index contributed by atoms with van der Waals surface area (Å²) in [5, 5.41) is 5.93. The lowest BCUT2D eigenvalue weighted by Gasteiger charge is -2.44. The molecule has 262 valence electrons. The van der Waals surface area contributed by atoms with Crippen molar-refractivity contribution in [3.05, 3.63) is 82.7 Å². The summed E-state index contributed by atoms with van der Waals surface area (Å²) in [5.74, 6) is -2.63. The van der Waals surface area contributed by atoms with Crippen LogP contribution in [0.5, 0.6) is 0 Å². The number of hydrogen-bond donors (Lipinski definition) is 2. The molecule has 1 aromatic heterocycles. The number of hydrogen-bond acceptors (Lipinski definition) is 8. The second-order valence-electron chi connectivity index (χ2n) is 13.1. The van der Waals surface area contributed by atoms with Crippen LogP contribution in [-0.2, 0) is 12.7 Å². The molecule has 3 aliphatic heterocycles. The largest absolute Gasteiger partial charge is 0.420 e. The average Bonchev–Trinajstić information content (AvgIpc) is 3.08. The van der Waals surface area contributed by atoms with Crippen molar-refractivity contribution in [1.82, 2.24) is 25.1 Å². The van der Waals surface area contributed by atoms with E-state index in [2.05, 4.69) is 30.4 Å². The Bertz CT molecular complexity index is 1680. The van der Waals surface area contributed by atoms with E-state index in [1.165, 1.54) is 12.1 Å². The summed E-state index contributed by atoms with van der Waals surface area (Å²) in [6.45, 7) is 10.6. The number of nitrogens with zero attached hydrogens (tertiary/aromatic N) is 6. The molecular weight excluding hydrogens is 643 g/mol. The summed E-state index contributed by atoms with van der Waals surface area (Å²) < 4.78 is 71.8. The van der Waals surface area contributed by atoms with Gasteiger partial charge in [0.25, 0.3) is 5.91 Å². The highest BCUT2D eigenvalue weighted by Crippen LogP contribution is 2.38. The van der Waals surface area contributed by atoms with Gasteiger partial charge in [-0.2, -0.15) is 13.2 Å². The molecule has 3 aromatic rings. The first-order chi connectivity index (χ1) is 23.4. The van der Waals surface area contributed by atoms with E-state index >= 15 is 4.39 Å². The number of halogens is 5.